The highest BCUT2D eigenvalue weighted by atomic mass is 19.4. The van der Waals surface area contributed by atoms with Gasteiger partial charge in [-0.25, -0.2) is 0 Å². The molecule has 168 valence electrons. The van der Waals surface area contributed by atoms with Gasteiger partial charge in [0.15, 0.2) is 0 Å². The first-order valence-electron chi connectivity index (χ1n) is 9.72. The van der Waals surface area contributed by atoms with Crippen molar-refractivity contribution in [3.05, 3.63) is 64.7 Å². The van der Waals surface area contributed by atoms with Gasteiger partial charge in [0.25, 0.3) is 5.91 Å². The van der Waals surface area contributed by atoms with Crippen LogP contribution in [0.2, 0.25) is 0 Å². The fourth-order valence-corrected chi connectivity index (χ4v) is 3.74. The number of hydrogen-bond acceptors (Lipinski definition) is 2. The molecule has 3 rings (SSSR count). The van der Waals surface area contributed by atoms with Gasteiger partial charge < -0.3 is 9.64 Å². The largest absolute Gasteiger partial charge is 0.497 e. The Morgan fingerprint density at radius 3 is 2.03 bits per heavy atom. The maximum Gasteiger partial charge on any atom is 0.416 e. The van der Waals surface area contributed by atoms with Gasteiger partial charge in [0, 0.05) is 24.6 Å². The monoisotopic (exact) mass is 445 g/mol. The first-order valence-corrected chi connectivity index (χ1v) is 9.72. The van der Waals surface area contributed by atoms with Gasteiger partial charge >= 0.3 is 12.4 Å². The number of amides is 1. The van der Waals surface area contributed by atoms with Crippen LogP contribution in [0.5, 0.6) is 5.75 Å². The zero-order chi connectivity index (χ0) is 22.8. The molecular weight excluding hydrogens is 424 g/mol. The van der Waals surface area contributed by atoms with E-state index < -0.39 is 35.0 Å². The predicted octanol–water partition coefficient (Wildman–Crippen LogP) is 6.14. The predicted molar refractivity (Wildman–Crippen MR) is 102 cm³/mol. The average molecular weight is 445 g/mol. The molecule has 1 heterocycles. The van der Waals surface area contributed by atoms with Crippen molar-refractivity contribution in [3.63, 3.8) is 0 Å². The molecule has 1 unspecified atom stereocenters. The summed E-state index contributed by atoms with van der Waals surface area (Å²) in [6.07, 6.45) is -7.84. The lowest BCUT2D eigenvalue weighted by Gasteiger charge is -2.26. The van der Waals surface area contributed by atoms with Crippen LogP contribution in [0.4, 0.5) is 26.3 Å². The topological polar surface area (TPSA) is 29.5 Å². The number of benzene rings is 2. The summed E-state index contributed by atoms with van der Waals surface area (Å²) in [5.41, 5.74) is -2.67. The first kappa shape index (κ1) is 23.0. The maximum absolute atomic E-state index is 13.1. The minimum absolute atomic E-state index is 0.0271. The third-order valence-corrected chi connectivity index (χ3v) is 5.38. The van der Waals surface area contributed by atoms with E-state index in [1.165, 1.54) is 12.0 Å². The Labute approximate surface area is 175 Å². The number of ether oxygens (including phenoxy) is 1. The molecule has 2 aromatic carbocycles. The summed E-state index contributed by atoms with van der Waals surface area (Å²) in [6, 6.07) is 8.26. The van der Waals surface area contributed by atoms with Gasteiger partial charge in [-0.3, -0.25) is 4.79 Å². The van der Waals surface area contributed by atoms with Gasteiger partial charge in [-0.2, -0.15) is 26.3 Å². The van der Waals surface area contributed by atoms with Crippen molar-refractivity contribution in [2.45, 2.75) is 37.5 Å². The van der Waals surface area contributed by atoms with Crippen LogP contribution < -0.4 is 4.74 Å². The number of hydrogen-bond donors (Lipinski definition) is 0. The van der Waals surface area contributed by atoms with E-state index in [1.54, 1.807) is 12.1 Å². The summed E-state index contributed by atoms with van der Waals surface area (Å²) in [4.78, 5) is 14.3. The highest BCUT2D eigenvalue weighted by molar-refractivity contribution is 5.94. The van der Waals surface area contributed by atoms with E-state index in [0.717, 1.165) is 18.4 Å². The number of halogens is 6. The van der Waals surface area contributed by atoms with Crippen LogP contribution in [0.3, 0.4) is 0 Å². The van der Waals surface area contributed by atoms with Crippen molar-refractivity contribution in [1.29, 1.82) is 0 Å². The van der Waals surface area contributed by atoms with Crippen molar-refractivity contribution >= 4 is 5.91 Å². The summed E-state index contributed by atoms with van der Waals surface area (Å²) in [5, 5.41) is 0. The van der Waals surface area contributed by atoms with Crippen LogP contribution in [0.25, 0.3) is 0 Å². The van der Waals surface area contributed by atoms with E-state index in [-0.39, 0.29) is 25.1 Å². The third-order valence-electron chi connectivity index (χ3n) is 5.38. The molecule has 0 radical (unpaired) electrons. The van der Waals surface area contributed by atoms with E-state index in [4.69, 9.17) is 4.74 Å². The lowest BCUT2D eigenvalue weighted by atomic mass is 9.94. The smallest absolute Gasteiger partial charge is 0.416 e. The average Bonchev–Trinajstić information content (AvgIpc) is 2.98. The Hall–Kier alpha value is -2.71. The van der Waals surface area contributed by atoms with Gasteiger partial charge in [-0.1, -0.05) is 18.6 Å². The van der Waals surface area contributed by atoms with E-state index >= 15 is 0 Å². The number of alkyl halides is 6. The number of carbonyl (C=O) groups is 1. The highest BCUT2D eigenvalue weighted by Crippen LogP contribution is 2.37. The minimum Gasteiger partial charge on any atom is -0.497 e. The minimum atomic E-state index is -5.00. The molecule has 1 fully saturated rings. The SMILES string of the molecule is COc1ccc(C2CCCCN(C(=O)c3cc(C(F)(F)F)cc(C(F)(F)F)c3)C2)cc1. The van der Waals surface area contributed by atoms with Crippen LogP contribution in [-0.4, -0.2) is 31.0 Å². The second-order valence-corrected chi connectivity index (χ2v) is 7.51. The Morgan fingerprint density at radius 1 is 0.935 bits per heavy atom. The zero-order valence-electron chi connectivity index (χ0n) is 16.7. The molecule has 1 amide bonds. The van der Waals surface area contributed by atoms with Crippen LogP contribution in [0.1, 0.15) is 52.2 Å². The third kappa shape index (κ3) is 5.51. The van der Waals surface area contributed by atoms with Crippen molar-refractivity contribution in [1.82, 2.24) is 4.90 Å². The lowest BCUT2D eigenvalue weighted by Crippen LogP contribution is -2.34. The van der Waals surface area contributed by atoms with Gasteiger partial charge in [0.2, 0.25) is 0 Å². The molecule has 3 nitrogen and oxygen atoms in total. The fraction of sp³-hybridized carbons (Fsp3) is 0.409. The summed E-state index contributed by atoms with van der Waals surface area (Å²) >= 11 is 0. The number of methoxy groups -OCH3 is 1. The molecule has 0 spiro atoms. The first-order chi connectivity index (χ1) is 14.5. The van der Waals surface area contributed by atoms with E-state index in [9.17, 15) is 31.1 Å². The molecule has 1 saturated heterocycles. The molecule has 9 heteroatoms. The molecule has 0 aliphatic carbocycles. The van der Waals surface area contributed by atoms with Gasteiger partial charge in [0.05, 0.1) is 18.2 Å². The quantitative estimate of drug-likeness (QED) is 0.531. The number of likely N-dealkylation sites (tertiary alicyclic amines) is 1. The maximum atomic E-state index is 13.1. The molecular formula is C22H21F6NO2. The highest BCUT2D eigenvalue weighted by Gasteiger charge is 2.38. The Bertz CT molecular complexity index is 889. The second kappa shape index (κ2) is 8.80. The van der Waals surface area contributed by atoms with Crippen LogP contribution in [0, 0.1) is 0 Å². The number of nitrogens with zero attached hydrogens (tertiary/aromatic N) is 1. The van der Waals surface area contributed by atoms with Crippen LogP contribution >= 0.6 is 0 Å². The van der Waals surface area contributed by atoms with Gasteiger partial charge in [0.1, 0.15) is 5.75 Å². The molecule has 0 bridgehead atoms. The standard InChI is InChI=1S/C22H21F6NO2/c1-31-19-7-5-14(6-8-19)15-4-2-3-9-29(13-15)20(30)16-10-17(21(23,24)25)12-18(11-16)22(26,27)28/h5-8,10-12,15H,2-4,9,13H2,1H3. The molecule has 0 aromatic heterocycles. The second-order valence-electron chi connectivity index (χ2n) is 7.51. The molecule has 0 N–H and O–H groups in total. The molecule has 31 heavy (non-hydrogen) atoms. The summed E-state index contributed by atoms with van der Waals surface area (Å²) in [6.45, 7) is 0.478. The van der Waals surface area contributed by atoms with Crippen molar-refractivity contribution in [3.8, 4) is 5.75 Å². The summed E-state index contributed by atoms with van der Waals surface area (Å²) in [5.74, 6) is -0.254. The van der Waals surface area contributed by atoms with Crippen molar-refractivity contribution < 1.29 is 35.9 Å². The molecule has 0 saturated carbocycles. The van der Waals surface area contributed by atoms with Crippen molar-refractivity contribution in [2.24, 2.45) is 0 Å². The molecule has 2 aromatic rings. The molecule has 1 atom stereocenters. The van der Waals surface area contributed by atoms with Crippen LogP contribution in [0.15, 0.2) is 42.5 Å². The Kier molecular flexibility index (Phi) is 6.52. The summed E-state index contributed by atoms with van der Waals surface area (Å²) in [7, 11) is 1.53. The fourth-order valence-electron chi connectivity index (χ4n) is 3.74. The Balaban J connectivity index is 1.91. The number of rotatable bonds is 3. The van der Waals surface area contributed by atoms with E-state index in [2.05, 4.69) is 0 Å². The molecule has 1 aliphatic heterocycles. The van der Waals surface area contributed by atoms with E-state index in [1.807, 2.05) is 12.1 Å². The lowest BCUT2D eigenvalue weighted by molar-refractivity contribution is -0.143. The summed E-state index contributed by atoms with van der Waals surface area (Å²) < 4.78 is 84.0. The Morgan fingerprint density at radius 2 is 1.52 bits per heavy atom. The van der Waals surface area contributed by atoms with Gasteiger partial charge in [-0.05, 0) is 48.7 Å². The van der Waals surface area contributed by atoms with Gasteiger partial charge in [-0.15, -0.1) is 0 Å². The van der Waals surface area contributed by atoms with Crippen molar-refractivity contribution in [2.75, 3.05) is 20.2 Å². The van der Waals surface area contributed by atoms with E-state index in [0.29, 0.717) is 24.3 Å². The normalized spacial score (nSPS) is 17.9. The number of carbonyl (C=O) groups excluding carboxylic acids is 1. The molecule has 1 aliphatic rings. The van der Waals surface area contributed by atoms with Crippen LogP contribution in [-0.2, 0) is 12.4 Å². The zero-order valence-corrected chi connectivity index (χ0v) is 16.7.